The Balaban J connectivity index is 1.23. The van der Waals surface area contributed by atoms with E-state index >= 15 is 0 Å². The van der Waals surface area contributed by atoms with E-state index in [9.17, 15) is 4.79 Å². The number of ether oxygens (including phenoxy) is 2. The number of nitrogens with zero attached hydrogens (tertiary/aromatic N) is 1. The molecule has 1 amide bonds. The van der Waals surface area contributed by atoms with Crippen LogP contribution in [-0.2, 0) is 13.2 Å². The van der Waals surface area contributed by atoms with Crippen molar-refractivity contribution in [2.45, 2.75) is 13.2 Å². The Morgan fingerprint density at radius 3 is 1.63 bits per heavy atom. The van der Waals surface area contributed by atoms with E-state index in [2.05, 4.69) is 10.5 Å². The van der Waals surface area contributed by atoms with Gasteiger partial charge in [0.15, 0.2) is 0 Å². The van der Waals surface area contributed by atoms with Gasteiger partial charge in [-0.3, -0.25) is 4.79 Å². The molecule has 0 saturated carbocycles. The number of nitrogens with one attached hydrogen (secondary N) is 1. The van der Waals surface area contributed by atoms with E-state index in [4.69, 9.17) is 32.7 Å². The van der Waals surface area contributed by atoms with E-state index in [1.807, 2.05) is 72.8 Å². The summed E-state index contributed by atoms with van der Waals surface area (Å²) in [5, 5.41) is 5.41. The molecule has 176 valence electrons. The molecular weight excluding hydrogens is 483 g/mol. The Labute approximate surface area is 213 Å². The zero-order chi connectivity index (χ0) is 24.5. The minimum absolute atomic E-state index is 0.312. The molecule has 0 aliphatic rings. The van der Waals surface area contributed by atoms with Crippen molar-refractivity contribution in [2.75, 3.05) is 0 Å². The smallest absolute Gasteiger partial charge is 0.271 e. The maximum Gasteiger partial charge on any atom is 0.271 e. The van der Waals surface area contributed by atoms with E-state index in [0.717, 1.165) is 22.4 Å². The Kier molecular flexibility index (Phi) is 8.39. The normalized spacial score (nSPS) is 10.8. The van der Waals surface area contributed by atoms with Crippen LogP contribution in [0.1, 0.15) is 27.0 Å². The summed E-state index contributed by atoms with van der Waals surface area (Å²) in [5.74, 6) is 1.09. The summed E-state index contributed by atoms with van der Waals surface area (Å²) in [5.41, 5.74) is 5.88. The summed E-state index contributed by atoms with van der Waals surface area (Å²) in [4.78, 5) is 12.3. The second kappa shape index (κ2) is 12.1. The summed E-state index contributed by atoms with van der Waals surface area (Å²) in [6, 6.07) is 29.3. The highest BCUT2D eigenvalue weighted by molar-refractivity contribution is 6.30. The number of amides is 1. The average molecular weight is 505 g/mol. The van der Waals surface area contributed by atoms with Crippen LogP contribution in [-0.4, -0.2) is 12.1 Å². The van der Waals surface area contributed by atoms with E-state index in [1.165, 1.54) is 0 Å². The highest BCUT2D eigenvalue weighted by atomic mass is 35.5. The minimum Gasteiger partial charge on any atom is -0.489 e. The first-order valence-electron chi connectivity index (χ1n) is 10.8. The van der Waals surface area contributed by atoms with Crippen molar-refractivity contribution in [1.82, 2.24) is 5.43 Å². The Morgan fingerprint density at radius 1 is 0.686 bits per heavy atom. The van der Waals surface area contributed by atoms with Crippen LogP contribution in [0.15, 0.2) is 102 Å². The third kappa shape index (κ3) is 7.60. The Bertz CT molecular complexity index is 1270. The minimum atomic E-state index is -0.312. The summed E-state index contributed by atoms with van der Waals surface area (Å²) < 4.78 is 11.5. The maximum atomic E-state index is 12.3. The van der Waals surface area contributed by atoms with Crippen LogP contribution >= 0.6 is 23.2 Å². The first-order chi connectivity index (χ1) is 17.0. The number of carbonyl (C=O) groups is 1. The molecule has 4 rings (SSSR count). The van der Waals surface area contributed by atoms with Gasteiger partial charge in [0.1, 0.15) is 24.7 Å². The third-order valence-electron chi connectivity index (χ3n) is 5.01. The first-order valence-corrected chi connectivity index (χ1v) is 11.6. The molecule has 7 heteroatoms. The van der Waals surface area contributed by atoms with Crippen molar-refractivity contribution >= 4 is 35.3 Å². The number of halogens is 2. The SMILES string of the molecule is O=C(N/N=C\c1ccc(OCc2ccc(Cl)cc2)cc1)c1ccc(OCc2ccc(Cl)cc2)cc1. The molecule has 4 aromatic rings. The standard InChI is InChI=1S/C28H22Cl2N2O3/c29-24-9-1-21(2-10-24)18-34-26-13-5-20(6-14-26)17-31-32-28(33)23-7-15-27(16-8-23)35-19-22-3-11-25(30)12-4-22/h1-17H,18-19H2,(H,32,33)/b31-17-. The number of benzene rings is 4. The van der Waals surface area contributed by atoms with Crippen molar-refractivity contribution in [1.29, 1.82) is 0 Å². The van der Waals surface area contributed by atoms with Crippen molar-refractivity contribution in [3.05, 3.63) is 129 Å². The van der Waals surface area contributed by atoms with E-state index in [-0.39, 0.29) is 5.91 Å². The van der Waals surface area contributed by atoms with Gasteiger partial charge >= 0.3 is 0 Å². The molecule has 0 spiro atoms. The molecule has 0 heterocycles. The number of hydrogen-bond acceptors (Lipinski definition) is 4. The van der Waals surface area contributed by atoms with Gasteiger partial charge in [-0.1, -0.05) is 47.5 Å². The van der Waals surface area contributed by atoms with Crippen molar-refractivity contribution in [2.24, 2.45) is 5.10 Å². The molecule has 0 atom stereocenters. The molecule has 1 N–H and O–H groups in total. The van der Waals surface area contributed by atoms with Gasteiger partial charge in [-0.2, -0.15) is 5.10 Å². The zero-order valence-electron chi connectivity index (χ0n) is 18.7. The predicted octanol–water partition coefficient (Wildman–Crippen LogP) is 6.92. The molecular formula is C28H22Cl2N2O3. The van der Waals surface area contributed by atoms with Gasteiger partial charge in [0, 0.05) is 15.6 Å². The lowest BCUT2D eigenvalue weighted by atomic mass is 10.2. The van der Waals surface area contributed by atoms with Gasteiger partial charge in [-0.15, -0.1) is 0 Å². The quantitative estimate of drug-likeness (QED) is 0.199. The highest BCUT2D eigenvalue weighted by Gasteiger charge is 2.05. The molecule has 0 unspecified atom stereocenters. The van der Waals surface area contributed by atoms with Gasteiger partial charge in [-0.05, 0) is 89.5 Å². The molecule has 0 saturated heterocycles. The van der Waals surface area contributed by atoms with Gasteiger partial charge in [0.2, 0.25) is 0 Å². The predicted molar refractivity (Wildman–Crippen MR) is 140 cm³/mol. The van der Waals surface area contributed by atoms with Crippen LogP contribution in [0.2, 0.25) is 10.0 Å². The van der Waals surface area contributed by atoms with Gasteiger partial charge < -0.3 is 9.47 Å². The summed E-state index contributed by atoms with van der Waals surface area (Å²) in [6.45, 7) is 0.865. The summed E-state index contributed by atoms with van der Waals surface area (Å²) in [6.07, 6.45) is 1.57. The number of hydrazone groups is 1. The van der Waals surface area contributed by atoms with Crippen molar-refractivity contribution < 1.29 is 14.3 Å². The maximum absolute atomic E-state index is 12.3. The number of rotatable bonds is 9. The topological polar surface area (TPSA) is 59.9 Å². The van der Waals surface area contributed by atoms with Crippen LogP contribution in [0.4, 0.5) is 0 Å². The zero-order valence-corrected chi connectivity index (χ0v) is 20.2. The second-order valence-electron chi connectivity index (χ2n) is 7.62. The van der Waals surface area contributed by atoms with Crippen LogP contribution < -0.4 is 14.9 Å². The molecule has 0 aliphatic carbocycles. The fourth-order valence-corrected chi connectivity index (χ4v) is 3.33. The third-order valence-corrected chi connectivity index (χ3v) is 5.52. The van der Waals surface area contributed by atoms with Crippen LogP contribution in [0.3, 0.4) is 0 Å². The van der Waals surface area contributed by atoms with Crippen molar-refractivity contribution in [3.8, 4) is 11.5 Å². The van der Waals surface area contributed by atoms with E-state index < -0.39 is 0 Å². The second-order valence-corrected chi connectivity index (χ2v) is 8.50. The largest absolute Gasteiger partial charge is 0.489 e. The number of hydrogen-bond donors (Lipinski definition) is 1. The Morgan fingerprint density at radius 2 is 1.14 bits per heavy atom. The van der Waals surface area contributed by atoms with Gasteiger partial charge in [-0.25, -0.2) is 5.43 Å². The average Bonchev–Trinajstić information content (AvgIpc) is 2.89. The fraction of sp³-hybridized carbons (Fsp3) is 0.0714. The van der Waals surface area contributed by atoms with E-state index in [1.54, 1.807) is 30.5 Å². The number of carbonyl (C=O) groups excluding carboxylic acids is 1. The lowest BCUT2D eigenvalue weighted by molar-refractivity contribution is 0.0955. The monoisotopic (exact) mass is 504 g/mol. The Hall–Kier alpha value is -3.80. The molecule has 0 bridgehead atoms. The van der Waals surface area contributed by atoms with Crippen molar-refractivity contribution in [3.63, 3.8) is 0 Å². The van der Waals surface area contributed by atoms with E-state index in [0.29, 0.717) is 34.6 Å². The lowest BCUT2D eigenvalue weighted by Crippen LogP contribution is -2.17. The fourth-order valence-electron chi connectivity index (χ4n) is 3.08. The molecule has 0 radical (unpaired) electrons. The summed E-state index contributed by atoms with van der Waals surface area (Å²) in [7, 11) is 0. The van der Waals surface area contributed by atoms with Gasteiger partial charge in [0.25, 0.3) is 5.91 Å². The molecule has 0 aromatic heterocycles. The first kappa shape index (κ1) is 24.3. The molecule has 0 fully saturated rings. The molecule has 35 heavy (non-hydrogen) atoms. The van der Waals surface area contributed by atoms with Crippen LogP contribution in [0.25, 0.3) is 0 Å². The summed E-state index contributed by atoms with van der Waals surface area (Å²) >= 11 is 11.8. The molecule has 5 nitrogen and oxygen atoms in total. The van der Waals surface area contributed by atoms with Gasteiger partial charge in [0.05, 0.1) is 6.21 Å². The van der Waals surface area contributed by atoms with Crippen LogP contribution in [0, 0.1) is 0 Å². The van der Waals surface area contributed by atoms with Crippen LogP contribution in [0.5, 0.6) is 11.5 Å². The lowest BCUT2D eigenvalue weighted by Gasteiger charge is -2.07. The molecule has 0 aliphatic heterocycles. The highest BCUT2D eigenvalue weighted by Crippen LogP contribution is 2.17. The molecule has 4 aromatic carbocycles.